The third-order valence-corrected chi connectivity index (χ3v) is 3.42. The molecule has 3 aromatic rings. The predicted molar refractivity (Wildman–Crippen MR) is 87.9 cm³/mol. The van der Waals surface area contributed by atoms with Gasteiger partial charge in [0.25, 0.3) is 0 Å². The molecule has 0 aliphatic carbocycles. The first-order chi connectivity index (χ1) is 10.3. The fraction of sp³-hybridized carbons (Fsp3) is 0.0556. The third kappa shape index (κ3) is 2.72. The van der Waals surface area contributed by atoms with Crippen LogP contribution in [0.3, 0.4) is 0 Å². The van der Waals surface area contributed by atoms with Crippen LogP contribution in [-0.4, -0.2) is 16.9 Å². The maximum absolute atomic E-state index is 7.60. The number of fused-ring (bicyclic) bond motifs is 1. The second-order valence-electron chi connectivity index (χ2n) is 4.84. The van der Waals surface area contributed by atoms with E-state index in [1.807, 2.05) is 61.7 Å². The summed E-state index contributed by atoms with van der Waals surface area (Å²) in [6.07, 6.45) is 4.92. The number of rotatable bonds is 3. The minimum absolute atomic E-state index is 0.798. The first-order valence-corrected chi connectivity index (χ1v) is 6.77. The highest BCUT2D eigenvalue weighted by Crippen LogP contribution is 2.25. The Bertz CT molecular complexity index is 820. The minimum Gasteiger partial charge on any atom is -0.308 e. The summed E-state index contributed by atoms with van der Waals surface area (Å²) in [6, 6.07) is 15.9. The predicted octanol–water partition coefficient (Wildman–Crippen LogP) is 4.37. The molecule has 1 heterocycles. The van der Waals surface area contributed by atoms with E-state index >= 15 is 0 Å². The van der Waals surface area contributed by atoms with Crippen LogP contribution >= 0.6 is 0 Å². The van der Waals surface area contributed by atoms with Crippen LogP contribution in [0.1, 0.15) is 18.1 Å². The van der Waals surface area contributed by atoms with Gasteiger partial charge >= 0.3 is 0 Å². The topological polar surface area (TPSA) is 49.1 Å². The number of aromatic nitrogens is 1. The van der Waals surface area contributed by atoms with Crippen molar-refractivity contribution in [2.24, 2.45) is 4.99 Å². The van der Waals surface area contributed by atoms with Gasteiger partial charge < -0.3 is 5.41 Å². The molecule has 2 aromatic carbocycles. The third-order valence-electron chi connectivity index (χ3n) is 3.42. The highest BCUT2D eigenvalue weighted by atomic mass is 14.7. The van der Waals surface area contributed by atoms with Crippen molar-refractivity contribution in [1.82, 2.24) is 4.98 Å². The SMILES string of the molecule is CC(=Nc1cc2cnccc2cc1C=N)c1ccccc1. The quantitative estimate of drug-likeness (QED) is 0.707. The molecule has 0 saturated heterocycles. The van der Waals surface area contributed by atoms with Crippen LogP contribution < -0.4 is 0 Å². The zero-order valence-electron chi connectivity index (χ0n) is 11.7. The molecule has 21 heavy (non-hydrogen) atoms. The van der Waals surface area contributed by atoms with Gasteiger partial charge in [0.2, 0.25) is 0 Å². The van der Waals surface area contributed by atoms with E-state index in [1.54, 1.807) is 6.20 Å². The zero-order chi connectivity index (χ0) is 14.7. The van der Waals surface area contributed by atoms with E-state index in [9.17, 15) is 0 Å². The Morgan fingerprint density at radius 3 is 2.67 bits per heavy atom. The van der Waals surface area contributed by atoms with Gasteiger partial charge in [0.1, 0.15) is 0 Å². The summed E-state index contributed by atoms with van der Waals surface area (Å²) in [4.78, 5) is 8.83. The van der Waals surface area contributed by atoms with Crippen LogP contribution in [0.5, 0.6) is 0 Å². The van der Waals surface area contributed by atoms with Crippen molar-refractivity contribution in [1.29, 1.82) is 5.41 Å². The molecule has 0 atom stereocenters. The van der Waals surface area contributed by atoms with Crippen molar-refractivity contribution < 1.29 is 0 Å². The lowest BCUT2D eigenvalue weighted by atomic mass is 10.1. The molecule has 0 aliphatic heterocycles. The highest BCUT2D eigenvalue weighted by Gasteiger charge is 2.04. The van der Waals surface area contributed by atoms with Gasteiger partial charge in [0, 0.05) is 35.3 Å². The molecule has 0 amide bonds. The maximum Gasteiger partial charge on any atom is 0.0727 e. The molecule has 0 spiro atoms. The summed E-state index contributed by atoms with van der Waals surface area (Å²) in [6.45, 7) is 1.98. The fourth-order valence-electron chi connectivity index (χ4n) is 2.28. The van der Waals surface area contributed by atoms with E-state index in [2.05, 4.69) is 9.98 Å². The number of benzene rings is 2. The van der Waals surface area contributed by atoms with E-state index in [-0.39, 0.29) is 0 Å². The van der Waals surface area contributed by atoms with Gasteiger partial charge in [0.05, 0.1) is 5.69 Å². The summed E-state index contributed by atoms with van der Waals surface area (Å²) in [5.74, 6) is 0. The van der Waals surface area contributed by atoms with Crippen LogP contribution in [0.2, 0.25) is 0 Å². The summed E-state index contributed by atoms with van der Waals surface area (Å²) in [7, 11) is 0. The molecular formula is C18H15N3. The first kappa shape index (κ1) is 13.2. The number of nitrogens with zero attached hydrogens (tertiary/aromatic N) is 2. The largest absolute Gasteiger partial charge is 0.308 e. The number of hydrogen-bond acceptors (Lipinski definition) is 3. The lowest BCUT2D eigenvalue weighted by molar-refractivity contribution is 1.36. The molecule has 0 bridgehead atoms. The average Bonchev–Trinajstić information content (AvgIpc) is 2.55. The van der Waals surface area contributed by atoms with Crippen molar-refractivity contribution in [3.63, 3.8) is 0 Å². The maximum atomic E-state index is 7.60. The monoisotopic (exact) mass is 273 g/mol. The Labute approximate surface area is 123 Å². The number of aliphatic imine (C=N–C) groups is 1. The second kappa shape index (κ2) is 5.67. The molecule has 1 aromatic heterocycles. The highest BCUT2D eigenvalue weighted by molar-refractivity contribution is 6.03. The van der Waals surface area contributed by atoms with E-state index < -0.39 is 0 Å². The Kier molecular flexibility index (Phi) is 3.56. The van der Waals surface area contributed by atoms with Crippen LogP contribution in [-0.2, 0) is 0 Å². The summed E-state index contributed by atoms with van der Waals surface area (Å²) >= 11 is 0. The fourth-order valence-corrected chi connectivity index (χ4v) is 2.28. The van der Waals surface area contributed by atoms with Gasteiger partial charge in [-0.3, -0.25) is 9.98 Å². The van der Waals surface area contributed by atoms with Gasteiger partial charge in [-0.25, -0.2) is 0 Å². The van der Waals surface area contributed by atoms with Gasteiger partial charge in [-0.15, -0.1) is 0 Å². The van der Waals surface area contributed by atoms with Crippen molar-refractivity contribution in [3.05, 3.63) is 72.1 Å². The van der Waals surface area contributed by atoms with E-state index in [0.717, 1.165) is 33.3 Å². The molecule has 0 unspecified atom stereocenters. The van der Waals surface area contributed by atoms with Gasteiger partial charge in [0.15, 0.2) is 0 Å². The standard InChI is InChI=1S/C18H15N3/c1-13(14-5-3-2-4-6-14)21-18-10-17-12-20-8-7-15(17)9-16(18)11-19/h2-12,19H,1H3. The van der Waals surface area contributed by atoms with Crippen LogP contribution in [0, 0.1) is 5.41 Å². The molecule has 0 radical (unpaired) electrons. The summed E-state index contributed by atoms with van der Waals surface area (Å²) < 4.78 is 0. The van der Waals surface area contributed by atoms with Crippen molar-refractivity contribution in [3.8, 4) is 0 Å². The van der Waals surface area contributed by atoms with Crippen molar-refractivity contribution in [2.75, 3.05) is 0 Å². The normalized spacial score (nSPS) is 11.6. The Morgan fingerprint density at radius 1 is 1.10 bits per heavy atom. The zero-order valence-corrected chi connectivity index (χ0v) is 11.7. The Morgan fingerprint density at radius 2 is 1.90 bits per heavy atom. The van der Waals surface area contributed by atoms with E-state index in [4.69, 9.17) is 5.41 Å². The summed E-state index contributed by atoms with van der Waals surface area (Å²) in [5, 5.41) is 9.70. The van der Waals surface area contributed by atoms with Gasteiger partial charge in [-0.05, 0) is 36.1 Å². The average molecular weight is 273 g/mol. The molecule has 1 N–H and O–H groups in total. The molecule has 3 heteroatoms. The molecule has 0 aliphatic rings. The molecule has 0 fully saturated rings. The second-order valence-corrected chi connectivity index (χ2v) is 4.84. The molecule has 0 saturated carbocycles. The van der Waals surface area contributed by atoms with Crippen LogP contribution in [0.25, 0.3) is 10.8 Å². The van der Waals surface area contributed by atoms with Crippen molar-refractivity contribution in [2.45, 2.75) is 6.92 Å². The Hall–Kier alpha value is -2.81. The van der Waals surface area contributed by atoms with Gasteiger partial charge in [-0.2, -0.15) is 0 Å². The molecule has 102 valence electrons. The lowest BCUT2D eigenvalue weighted by Crippen LogP contribution is -1.94. The Balaban J connectivity index is 2.13. The lowest BCUT2D eigenvalue weighted by Gasteiger charge is -2.06. The number of pyridine rings is 1. The number of hydrogen-bond donors (Lipinski definition) is 1. The van der Waals surface area contributed by atoms with E-state index in [0.29, 0.717) is 0 Å². The first-order valence-electron chi connectivity index (χ1n) is 6.77. The smallest absolute Gasteiger partial charge is 0.0727 e. The molecule has 3 rings (SSSR count). The minimum atomic E-state index is 0.798. The van der Waals surface area contributed by atoms with Crippen molar-refractivity contribution >= 4 is 28.4 Å². The molecular weight excluding hydrogens is 258 g/mol. The van der Waals surface area contributed by atoms with Crippen LogP contribution in [0.15, 0.2) is 65.9 Å². The molecule has 3 nitrogen and oxygen atoms in total. The van der Waals surface area contributed by atoms with E-state index in [1.165, 1.54) is 6.21 Å². The summed E-state index contributed by atoms with van der Waals surface area (Å²) in [5.41, 5.74) is 3.62. The van der Waals surface area contributed by atoms with Crippen LogP contribution in [0.4, 0.5) is 5.69 Å². The number of nitrogens with one attached hydrogen (secondary N) is 1. The van der Waals surface area contributed by atoms with Gasteiger partial charge in [-0.1, -0.05) is 30.3 Å².